The van der Waals surface area contributed by atoms with Crippen molar-refractivity contribution in [2.45, 2.75) is 17.7 Å². The second-order valence-electron chi connectivity index (χ2n) is 4.61. The summed E-state index contributed by atoms with van der Waals surface area (Å²) in [6.07, 6.45) is 0.706. The molecule has 0 aromatic heterocycles. The minimum atomic E-state index is -0.156. The van der Waals surface area contributed by atoms with Gasteiger partial charge in [0.25, 0.3) is 0 Å². The summed E-state index contributed by atoms with van der Waals surface area (Å²) in [7, 11) is 0. The quantitative estimate of drug-likeness (QED) is 0.833. The van der Waals surface area contributed by atoms with E-state index in [0.29, 0.717) is 6.42 Å². The average Bonchev–Trinajstić information content (AvgIpc) is 2.40. The Morgan fingerprint density at radius 1 is 0.944 bits per heavy atom. The maximum atomic E-state index is 9.07. The van der Waals surface area contributed by atoms with Gasteiger partial charge in [0.05, 0.1) is 0 Å². The zero-order valence-corrected chi connectivity index (χ0v) is 12.0. The van der Waals surface area contributed by atoms with Crippen molar-refractivity contribution in [2.24, 2.45) is 0 Å². The summed E-state index contributed by atoms with van der Waals surface area (Å²) in [5, 5.41) is 9.07. The Morgan fingerprint density at radius 2 is 1.50 bits per heavy atom. The minimum absolute atomic E-state index is 0.156. The van der Waals surface area contributed by atoms with E-state index in [2.05, 4.69) is 59.3 Å². The first-order chi connectivity index (χ1) is 8.63. The number of hydrogen-bond donors (Lipinski definition) is 1. The molecule has 0 spiro atoms. The zero-order valence-electron chi connectivity index (χ0n) is 10.4. The average molecular weight is 305 g/mol. The molecule has 0 aliphatic carbocycles. The van der Waals surface area contributed by atoms with Gasteiger partial charge in [-0.25, -0.2) is 0 Å². The zero-order chi connectivity index (χ0) is 13.0. The highest BCUT2D eigenvalue weighted by Crippen LogP contribution is 2.35. The van der Waals surface area contributed by atoms with E-state index in [4.69, 9.17) is 5.11 Å². The van der Waals surface area contributed by atoms with Gasteiger partial charge in [-0.15, -0.1) is 0 Å². The van der Waals surface area contributed by atoms with Gasteiger partial charge in [0.15, 0.2) is 0 Å². The van der Waals surface area contributed by atoms with Gasteiger partial charge in [-0.05, 0) is 30.0 Å². The Labute approximate surface area is 117 Å². The Bertz CT molecular complexity index is 488. The second kappa shape index (κ2) is 5.68. The summed E-state index contributed by atoms with van der Waals surface area (Å²) in [6, 6.07) is 18.8. The molecule has 2 heteroatoms. The Morgan fingerprint density at radius 3 is 2.06 bits per heavy atom. The van der Waals surface area contributed by atoms with Crippen molar-refractivity contribution in [1.82, 2.24) is 0 Å². The smallest absolute Gasteiger partial charge is 0.0499 e. The van der Waals surface area contributed by atoms with Gasteiger partial charge in [0.1, 0.15) is 0 Å². The number of aliphatic hydroxyl groups is 1. The Hall–Kier alpha value is -1.12. The van der Waals surface area contributed by atoms with E-state index < -0.39 is 0 Å². The Kier molecular flexibility index (Phi) is 4.20. The SMILES string of the molecule is CC(Br)(CCO)c1ccc(-c2ccccc2)cc1. The van der Waals surface area contributed by atoms with Crippen molar-refractivity contribution in [3.05, 3.63) is 60.2 Å². The fourth-order valence-electron chi connectivity index (χ4n) is 2.00. The van der Waals surface area contributed by atoms with Gasteiger partial charge in [0, 0.05) is 10.9 Å². The van der Waals surface area contributed by atoms with Crippen LogP contribution in [0.15, 0.2) is 54.6 Å². The van der Waals surface area contributed by atoms with E-state index in [9.17, 15) is 0 Å². The molecule has 2 aromatic rings. The van der Waals surface area contributed by atoms with E-state index in [1.165, 1.54) is 16.7 Å². The first-order valence-corrected chi connectivity index (χ1v) is 6.88. The molecule has 0 saturated heterocycles. The fraction of sp³-hybridized carbons (Fsp3) is 0.250. The molecule has 0 radical (unpaired) electrons. The molecule has 0 heterocycles. The molecular weight excluding hydrogens is 288 g/mol. The maximum absolute atomic E-state index is 9.07. The third-order valence-electron chi connectivity index (χ3n) is 3.18. The standard InChI is InChI=1S/C16H17BrO/c1-16(17,11-12-18)15-9-7-14(8-10-15)13-5-3-2-4-6-13/h2-10,18H,11-12H2,1H3. The van der Waals surface area contributed by atoms with E-state index >= 15 is 0 Å². The van der Waals surface area contributed by atoms with Crippen LogP contribution in [0.2, 0.25) is 0 Å². The predicted octanol–water partition coefficient (Wildman–Crippen LogP) is 4.35. The number of rotatable bonds is 4. The van der Waals surface area contributed by atoms with Crippen LogP contribution in [0, 0.1) is 0 Å². The van der Waals surface area contributed by atoms with E-state index in [1.54, 1.807) is 0 Å². The molecule has 0 amide bonds. The lowest BCUT2D eigenvalue weighted by Crippen LogP contribution is -2.14. The first-order valence-electron chi connectivity index (χ1n) is 6.09. The van der Waals surface area contributed by atoms with Gasteiger partial charge in [-0.2, -0.15) is 0 Å². The van der Waals surface area contributed by atoms with Crippen molar-refractivity contribution in [3.8, 4) is 11.1 Å². The summed E-state index contributed by atoms with van der Waals surface area (Å²) in [5.74, 6) is 0. The molecule has 0 bridgehead atoms. The summed E-state index contributed by atoms with van der Waals surface area (Å²) in [6.45, 7) is 2.27. The normalized spacial score (nSPS) is 14.2. The number of aliphatic hydroxyl groups excluding tert-OH is 1. The van der Waals surface area contributed by atoms with Gasteiger partial charge in [-0.1, -0.05) is 70.5 Å². The van der Waals surface area contributed by atoms with Gasteiger partial charge in [0.2, 0.25) is 0 Å². The van der Waals surface area contributed by atoms with E-state index in [-0.39, 0.29) is 10.9 Å². The van der Waals surface area contributed by atoms with Gasteiger partial charge in [-0.3, -0.25) is 0 Å². The second-order valence-corrected chi connectivity index (χ2v) is 6.36. The van der Waals surface area contributed by atoms with Gasteiger partial charge < -0.3 is 5.11 Å². The summed E-state index contributed by atoms with van der Waals surface area (Å²) >= 11 is 3.67. The summed E-state index contributed by atoms with van der Waals surface area (Å²) in [4.78, 5) is 0. The van der Waals surface area contributed by atoms with Crippen LogP contribution in [0.4, 0.5) is 0 Å². The van der Waals surface area contributed by atoms with E-state index in [0.717, 1.165) is 0 Å². The third-order valence-corrected chi connectivity index (χ3v) is 4.03. The molecule has 0 fully saturated rings. The van der Waals surface area contributed by atoms with Crippen molar-refractivity contribution < 1.29 is 5.11 Å². The molecule has 1 N–H and O–H groups in total. The fourth-order valence-corrected chi connectivity index (χ4v) is 2.44. The van der Waals surface area contributed by atoms with Crippen LogP contribution in [-0.2, 0) is 4.32 Å². The minimum Gasteiger partial charge on any atom is -0.396 e. The van der Waals surface area contributed by atoms with Crippen LogP contribution in [0.5, 0.6) is 0 Å². The molecule has 0 aliphatic heterocycles. The highest BCUT2D eigenvalue weighted by Gasteiger charge is 2.21. The molecule has 0 saturated carbocycles. The van der Waals surface area contributed by atoms with Crippen molar-refractivity contribution in [3.63, 3.8) is 0 Å². The number of hydrogen-bond acceptors (Lipinski definition) is 1. The number of alkyl halides is 1. The van der Waals surface area contributed by atoms with Crippen LogP contribution < -0.4 is 0 Å². The van der Waals surface area contributed by atoms with Crippen molar-refractivity contribution >= 4 is 15.9 Å². The number of halogens is 1. The molecule has 18 heavy (non-hydrogen) atoms. The topological polar surface area (TPSA) is 20.2 Å². The van der Waals surface area contributed by atoms with Crippen LogP contribution >= 0.6 is 15.9 Å². The molecule has 1 atom stereocenters. The molecule has 2 rings (SSSR count). The predicted molar refractivity (Wildman–Crippen MR) is 79.9 cm³/mol. The molecule has 94 valence electrons. The molecule has 0 aliphatic rings. The van der Waals surface area contributed by atoms with Gasteiger partial charge >= 0.3 is 0 Å². The van der Waals surface area contributed by atoms with E-state index in [1.807, 2.05) is 18.2 Å². The summed E-state index contributed by atoms with van der Waals surface area (Å²) < 4.78 is -0.156. The molecule has 1 nitrogen and oxygen atoms in total. The number of benzene rings is 2. The third kappa shape index (κ3) is 3.01. The van der Waals surface area contributed by atoms with Crippen LogP contribution in [0.1, 0.15) is 18.9 Å². The Balaban J connectivity index is 2.26. The van der Waals surface area contributed by atoms with Crippen LogP contribution in [0.25, 0.3) is 11.1 Å². The maximum Gasteiger partial charge on any atom is 0.0499 e. The highest BCUT2D eigenvalue weighted by molar-refractivity contribution is 9.09. The lowest BCUT2D eigenvalue weighted by molar-refractivity contribution is 0.273. The van der Waals surface area contributed by atoms with Crippen molar-refractivity contribution in [2.75, 3.05) is 6.61 Å². The molecular formula is C16H17BrO. The highest BCUT2D eigenvalue weighted by atomic mass is 79.9. The first kappa shape index (κ1) is 13.3. The lowest BCUT2D eigenvalue weighted by atomic mass is 9.95. The van der Waals surface area contributed by atoms with Crippen molar-refractivity contribution in [1.29, 1.82) is 0 Å². The monoisotopic (exact) mass is 304 g/mol. The molecule has 2 aromatic carbocycles. The lowest BCUT2D eigenvalue weighted by Gasteiger charge is -2.22. The van der Waals surface area contributed by atoms with Crippen LogP contribution in [0.3, 0.4) is 0 Å². The summed E-state index contributed by atoms with van der Waals surface area (Å²) in [5.41, 5.74) is 3.63. The molecule has 1 unspecified atom stereocenters. The van der Waals surface area contributed by atoms with Crippen LogP contribution in [-0.4, -0.2) is 11.7 Å². The largest absolute Gasteiger partial charge is 0.396 e.